The Balaban J connectivity index is 1.71. The molecule has 3 rings (SSSR count). The molecule has 0 saturated carbocycles. The lowest BCUT2D eigenvalue weighted by atomic mass is 10.2. The van der Waals surface area contributed by atoms with Crippen LogP contribution in [0.3, 0.4) is 0 Å². The lowest BCUT2D eigenvalue weighted by Crippen LogP contribution is -2.25. The number of fused-ring (bicyclic) bond motifs is 1. The normalized spacial score (nSPS) is 10.8. The zero-order chi connectivity index (χ0) is 15.5. The number of para-hydroxylation sites is 1. The second-order valence-corrected chi connectivity index (χ2v) is 5.78. The highest BCUT2D eigenvalue weighted by atomic mass is 32.1. The van der Waals surface area contributed by atoms with E-state index in [-0.39, 0.29) is 18.7 Å². The van der Waals surface area contributed by atoms with Gasteiger partial charge in [0.15, 0.2) is 0 Å². The average Bonchev–Trinajstić information content (AvgIpc) is 2.94. The van der Waals surface area contributed by atoms with Crippen molar-refractivity contribution in [3.8, 4) is 0 Å². The van der Waals surface area contributed by atoms with Gasteiger partial charge in [-0.15, -0.1) is 11.3 Å². The first kappa shape index (κ1) is 14.4. The Morgan fingerprint density at radius 1 is 1.36 bits per heavy atom. The number of thiazole rings is 1. The molecule has 0 radical (unpaired) electrons. The highest BCUT2D eigenvalue weighted by Crippen LogP contribution is 2.09. The third kappa shape index (κ3) is 3.04. The number of nitrogens with zero attached hydrogens (tertiary/aromatic N) is 3. The Labute approximate surface area is 130 Å². The molecule has 3 aromatic rings. The van der Waals surface area contributed by atoms with E-state index in [1.807, 2.05) is 18.4 Å². The van der Waals surface area contributed by atoms with E-state index in [0.29, 0.717) is 16.6 Å². The molecular formula is C15H13N3O3S. The molecule has 0 aliphatic carbocycles. The molecule has 7 heteroatoms. The maximum Gasteiger partial charge on any atom is 0.326 e. The number of ether oxygens (including phenoxy) is 1. The number of carbonyl (C=O) groups excluding carboxylic acids is 1. The van der Waals surface area contributed by atoms with E-state index < -0.39 is 5.97 Å². The molecule has 0 amide bonds. The molecule has 0 atom stereocenters. The van der Waals surface area contributed by atoms with Crippen molar-refractivity contribution in [3.63, 3.8) is 0 Å². The van der Waals surface area contributed by atoms with Gasteiger partial charge in [0.05, 0.1) is 27.9 Å². The van der Waals surface area contributed by atoms with Crippen LogP contribution in [0.15, 0.2) is 40.8 Å². The van der Waals surface area contributed by atoms with Gasteiger partial charge in [-0.05, 0) is 19.1 Å². The van der Waals surface area contributed by atoms with Gasteiger partial charge in [-0.3, -0.25) is 14.2 Å². The quantitative estimate of drug-likeness (QED) is 0.688. The van der Waals surface area contributed by atoms with Crippen molar-refractivity contribution >= 4 is 28.2 Å². The maximum atomic E-state index is 12.2. The minimum Gasteiger partial charge on any atom is -0.458 e. The number of hydrogen-bond acceptors (Lipinski definition) is 6. The summed E-state index contributed by atoms with van der Waals surface area (Å²) in [5.41, 5.74) is 1.06. The minimum atomic E-state index is -0.496. The predicted octanol–water partition coefficient (Wildman–Crippen LogP) is 1.90. The first-order valence-corrected chi connectivity index (χ1v) is 7.52. The Kier molecular flexibility index (Phi) is 3.97. The highest BCUT2D eigenvalue weighted by molar-refractivity contribution is 7.09. The number of rotatable bonds is 4. The van der Waals surface area contributed by atoms with Crippen LogP contribution in [-0.4, -0.2) is 20.5 Å². The van der Waals surface area contributed by atoms with E-state index in [9.17, 15) is 9.59 Å². The summed E-state index contributed by atoms with van der Waals surface area (Å²) in [6, 6.07) is 7.01. The molecule has 22 heavy (non-hydrogen) atoms. The van der Waals surface area contributed by atoms with Gasteiger partial charge < -0.3 is 4.74 Å². The molecule has 1 aromatic carbocycles. The summed E-state index contributed by atoms with van der Waals surface area (Å²) < 4.78 is 6.38. The van der Waals surface area contributed by atoms with Crippen LogP contribution in [0.25, 0.3) is 10.9 Å². The van der Waals surface area contributed by atoms with E-state index in [0.717, 1.165) is 5.01 Å². The van der Waals surface area contributed by atoms with Crippen molar-refractivity contribution < 1.29 is 9.53 Å². The molecule has 0 aliphatic heterocycles. The summed E-state index contributed by atoms with van der Waals surface area (Å²) in [5, 5.41) is 3.24. The van der Waals surface area contributed by atoms with Crippen molar-refractivity contribution in [1.29, 1.82) is 0 Å². The maximum absolute atomic E-state index is 12.2. The van der Waals surface area contributed by atoms with Gasteiger partial charge in [0.2, 0.25) is 0 Å². The number of aryl methyl sites for hydroxylation is 1. The van der Waals surface area contributed by atoms with Gasteiger partial charge in [0.1, 0.15) is 13.2 Å². The molecule has 0 N–H and O–H groups in total. The largest absolute Gasteiger partial charge is 0.458 e. The molecule has 2 heterocycles. The van der Waals surface area contributed by atoms with Crippen LogP contribution in [-0.2, 0) is 22.7 Å². The molecule has 0 saturated heterocycles. The standard InChI is InChI=1S/C15H13N3O3S/c1-10-17-11(8-22-10)7-21-14(19)6-18-9-16-13-5-3-2-4-12(13)15(18)20/h2-5,8-9H,6-7H2,1H3. The summed E-state index contributed by atoms with van der Waals surface area (Å²) in [6.45, 7) is 1.83. The van der Waals surface area contributed by atoms with Crippen LogP contribution in [0.5, 0.6) is 0 Å². The summed E-state index contributed by atoms with van der Waals surface area (Å²) >= 11 is 1.50. The zero-order valence-corrected chi connectivity index (χ0v) is 12.7. The monoisotopic (exact) mass is 315 g/mol. The number of hydrogen-bond donors (Lipinski definition) is 0. The summed E-state index contributed by atoms with van der Waals surface area (Å²) in [4.78, 5) is 32.5. The van der Waals surface area contributed by atoms with Crippen molar-refractivity contribution in [2.24, 2.45) is 0 Å². The third-order valence-corrected chi connectivity index (χ3v) is 3.90. The fourth-order valence-corrected chi connectivity index (χ4v) is 2.63. The molecule has 0 bridgehead atoms. The van der Waals surface area contributed by atoms with Gasteiger partial charge >= 0.3 is 5.97 Å². The van der Waals surface area contributed by atoms with Crippen LogP contribution in [0.4, 0.5) is 0 Å². The van der Waals surface area contributed by atoms with Gasteiger partial charge in [-0.2, -0.15) is 0 Å². The van der Waals surface area contributed by atoms with Crippen molar-refractivity contribution in [2.75, 3.05) is 0 Å². The molecule has 0 fully saturated rings. The molecule has 112 valence electrons. The number of carbonyl (C=O) groups is 1. The van der Waals surface area contributed by atoms with Crippen LogP contribution < -0.4 is 5.56 Å². The molecule has 2 aromatic heterocycles. The highest BCUT2D eigenvalue weighted by Gasteiger charge is 2.10. The van der Waals surface area contributed by atoms with E-state index in [4.69, 9.17) is 4.74 Å². The fourth-order valence-electron chi connectivity index (χ4n) is 2.03. The molecule has 0 unspecified atom stereocenters. The third-order valence-electron chi connectivity index (χ3n) is 3.08. The van der Waals surface area contributed by atoms with Gasteiger partial charge in [-0.1, -0.05) is 12.1 Å². The number of aromatic nitrogens is 3. The van der Waals surface area contributed by atoms with Crippen LogP contribution in [0.1, 0.15) is 10.7 Å². The Morgan fingerprint density at radius 2 is 2.18 bits per heavy atom. The average molecular weight is 315 g/mol. The Bertz CT molecular complexity index is 885. The van der Waals surface area contributed by atoms with Crippen molar-refractivity contribution in [3.05, 3.63) is 57.0 Å². The number of esters is 1. The van der Waals surface area contributed by atoms with Gasteiger partial charge in [0.25, 0.3) is 5.56 Å². The van der Waals surface area contributed by atoms with Crippen molar-refractivity contribution in [2.45, 2.75) is 20.1 Å². The smallest absolute Gasteiger partial charge is 0.326 e. The first-order valence-electron chi connectivity index (χ1n) is 6.64. The van der Waals surface area contributed by atoms with E-state index in [1.54, 1.807) is 18.2 Å². The lowest BCUT2D eigenvalue weighted by molar-refractivity contribution is -0.145. The summed E-state index contributed by atoms with van der Waals surface area (Å²) in [7, 11) is 0. The zero-order valence-electron chi connectivity index (χ0n) is 11.9. The van der Waals surface area contributed by atoms with E-state index in [1.165, 1.54) is 22.2 Å². The van der Waals surface area contributed by atoms with Crippen LogP contribution >= 0.6 is 11.3 Å². The SMILES string of the molecule is Cc1nc(COC(=O)Cn2cnc3ccccc3c2=O)cs1. The summed E-state index contributed by atoms with van der Waals surface area (Å²) in [6.07, 6.45) is 1.36. The Hall–Kier alpha value is -2.54. The molecule has 0 spiro atoms. The van der Waals surface area contributed by atoms with Crippen LogP contribution in [0.2, 0.25) is 0 Å². The Morgan fingerprint density at radius 3 is 2.95 bits per heavy atom. The molecule has 6 nitrogen and oxygen atoms in total. The summed E-state index contributed by atoms with van der Waals surface area (Å²) in [5.74, 6) is -0.496. The van der Waals surface area contributed by atoms with Crippen molar-refractivity contribution in [1.82, 2.24) is 14.5 Å². The number of benzene rings is 1. The van der Waals surface area contributed by atoms with Crippen LogP contribution in [0, 0.1) is 6.92 Å². The fraction of sp³-hybridized carbons (Fsp3) is 0.200. The second kappa shape index (κ2) is 6.07. The lowest BCUT2D eigenvalue weighted by Gasteiger charge is -2.06. The van der Waals surface area contributed by atoms with Gasteiger partial charge in [0, 0.05) is 5.38 Å². The van der Waals surface area contributed by atoms with Gasteiger partial charge in [-0.25, -0.2) is 9.97 Å². The predicted molar refractivity (Wildman–Crippen MR) is 82.7 cm³/mol. The first-order chi connectivity index (χ1) is 10.6. The topological polar surface area (TPSA) is 74.1 Å². The molecular weight excluding hydrogens is 302 g/mol. The van der Waals surface area contributed by atoms with E-state index >= 15 is 0 Å². The second-order valence-electron chi connectivity index (χ2n) is 4.71. The molecule has 0 aliphatic rings. The van der Waals surface area contributed by atoms with E-state index in [2.05, 4.69) is 9.97 Å². The minimum absolute atomic E-state index is 0.110.